The SMILES string of the molecule is Nc1ccc(Br)c(NC(=O)c2cc3c(s2)CCC3)c1. The third-order valence-electron chi connectivity index (χ3n) is 3.21. The maximum atomic E-state index is 12.2. The highest BCUT2D eigenvalue weighted by molar-refractivity contribution is 9.10. The van der Waals surface area contributed by atoms with Gasteiger partial charge in [0.25, 0.3) is 5.91 Å². The van der Waals surface area contributed by atoms with Gasteiger partial charge in [-0.2, -0.15) is 0 Å². The van der Waals surface area contributed by atoms with Crippen LogP contribution in [0, 0.1) is 0 Å². The number of hydrogen-bond acceptors (Lipinski definition) is 3. The van der Waals surface area contributed by atoms with Crippen molar-refractivity contribution in [2.24, 2.45) is 0 Å². The van der Waals surface area contributed by atoms with Gasteiger partial charge in [0.05, 0.1) is 10.6 Å². The van der Waals surface area contributed by atoms with E-state index in [2.05, 4.69) is 21.2 Å². The number of amides is 1. The van der Waals surface area contributed by atoms with Gasteiger partial charge < -0.3 is 11.1 Å². The van der Waals surface area contributed by atoms with Gasteiger partial charge in [-0.15, -0.1) is 11.3 Å². The minimum Gasteiger partial charge on any atom is -0.399 e. The third-order valence-corrected chi connectivity index (χ3v) is 5.14. The summed E-state index contributed by atoms with van der Waals surface area (Å²) in [6.45, 7) is 0. The first-order chi connectivity index (χ1) is 9.13. The maximum absolute atomic E-state index is 12.2. The van der Waals surface area contributed by atoms with Crippen LogP contribution in [0.4, 0.5) is 11.4 Å². The lowest BCUT2D eigenvalue weighted by atomic mass is 10.2. The lowest BCUT2D eigenvalue weighted by molar-refractivity contribution is 0.103. The van der Waals surface area contributed by atoms with Crippen LogP contribution in [0.5, 0.6) is 0 Å². The Bertz CT molecular complexity index is 629. The molecule has 2 aromatic rings. The lowest BCUT2D eigenvalue weighted by Gasteiger charge is -2.07. The van der Waals surface area contributed by atoms with Crippen LogP contribution < -0.4 is 11.1 Å². The van der Waals surface area contributed by atoms with Gasteiger partial charge in [-0.25, -0.2) is 0 Å². The van der Waals surface area contributed by atoms with E-state index in [0.29, 0.717) is 11.4 Å². The molecule has 0 aliphatic heterocycles. The van der Waals surface area contributed by atoms with Gasteiger partial charge in [0, 0.05) is 15.0 Å². The van der Waals surface area contributed by atoms with Crippen molar-refractivity contribution < 1.29 is 4.79 Å². The first-order valence-electron chi connectivity index (χ1n) is 6.11. The molecule has 1 amide bonds. The Balaban J connectivity index is 1.82. The molecule has 5 heteroatoms. The number of halogens is 1. The number of nitrogen functional groups attached to an aromatic ring is 1. The van der Waals surface area contributed by atoms with Gasteiger partial charge >= 0.3 is 0 Å². The molecular formula is C14H13BrN2OS. The van der Waals surface area contributed by atoms with Gasteiger partial charge in [0.1, 0.15) is 0 Å². The summed E-state index contributed by atoms with van der Waals surface area (Å²) in [5.41, 5.74) is 8.40. The zero-order valence-corrected chi connectivity index (χ0v) is 12.6. The quantitative estimate of drug-likeness (QED) is 0.818. The van der Waals surface area contributed by atoms with E-state index in [1.165, 1.54) is 16.9 Å². The molecule has 98 valence electrons. The Morgan fingerprint density at radius 2 is 2.16 bits per heavy atom. The van der Waals surface area contributed by atoms with Gasteiger partial charge in [-0.05, 0) is 65.0 Å². The summed E-state index contributed by atoms with van der Waals surface area (Å²) in [5.74, 6) is -0.0642. The molecule has 0 saturated carbocycles. The molecular weight excluding hydrogens is 324 g/mol. The van der Waals surface area contributed by atoms with Crippen LogP contribution in [-0.4, -0.2) is 5.91 Å². The molecule has 0 spiro atoms. The van der Waals surface area contributed by atoms with Crippen molar-refractivity contribution in [1.82, 2.24) is 0 Å². The number of rotatable bonds is 2. The number of anilines is 2. The third kappa shape index (κ3) is 2.53. The second-order valence-corrected chi connectivity index (χ2v) is 6.60. The molecule has 1 aromatic heterocycles. The van der Waals surface area contributed by atoms with Crippen molar-refractivity contribution in [3.8, 4) is 0 Å². The molecule has 0 atom stereocenters. The van der Waals surface area contributed by atoms with E-state index < -0.39 is 0 Å². The molecule has 1 aromatic carbocycles. The largest absolute Gasteiger partial charge is 0.399 e. The lowest BCUT2D eigenvalue weighted by Crippen LogP contribution is -2.11. The second kappa shape index (κ2) is 4.98. The Morgan fingerprint density at radius 3 is 2.95 bits per heavy atom. The summed E-state index contributed by atoms with van der Waals surface area (Å²) in [6.07, 6.45) is 3.42. The van der Waals surface area contributed by atoms with Crippen LogP contribution in [-0.2, 0) is 12.8 Å². The van der Waals surface area contributed by atoms with Crippen molar-refractivity contribution in [2.75, 3.05) is 11.1 Å². The van der Waals surface area contributed by atoms with Gasteiger partial charge in [0.15, 0.2) is 0 Å². The average Bonchev–Trinajstić information content (AvgIpc) is 2.94. The van der Waals surface area contributed by atoms with E-state index in [4.69, 9.17) is 5.73 Å². The predicted octanol–water partition coefficient (Wildman–Crippen LogP) is 3.83. The summed E-state index contributed by atoms with van der Waals surface area (Å²) >= 11 is 5.01. The monoisotopic (exact) mass is 336 g/mol. The minimum atomic E-state index is -0.0642. The van der Waals surface area contributed by atoms with Gasteiger partial charge in [0.2, 0.25) is 0 Å². The average molecular weight is 337 g/mol. The topological polar surface area (TPSA) is 55.1 Å². The standard InChI is InChI=1S/C14H13BrN2OS/c15-10-5-4-9(16)7-11(10)17-14(18)13-6-8-2-1-3-12(8)19-13/h4-7H,1-3,16H2,(H,17,18). The first kappa shape index (κ1) is 12.7. The number of thiophene rings is 1. The number of nitrogens with one attached hydrogen (secondary N) is 1. The van der Waals surface area contributed by atoms with Crippen LogP contribution in [0.3, 0.4) is 0 Å². The van der Waals surface area contributed by atoms with Gasteiger partial charge in [-0.3, -0.25) is 4.79 Å². The van der Waals surface area contributed by atoms with E-state index in [1.54, 1.807) is 23.5 Å². The fourth-order valence-electron chi connectivity index (χ4n) is 2.26. The van der Waals surface area contributed by atoms with Crippen LogP contribution in [0.15, 0.2) is 28.7 Å². The molecule has 0 radical (unpaired) electrons. The Kier molecular flexibility index (Phi) is 3.33. The fourth-order valence-corrected chi connectivity index (χ4v) is 3.76. The number of fused-ring (bicyclic) bond motifs is 1. The molecule has 19 heavy (non-hydrogen) atoms. The van der Waals surface area contributed by atoms with Crippen LogP contribution >= 0.6 is 27.3 Å². The normalized spacial score (nSPS) is 13.3. The van der Waals surface area contributed by atoms with Crippen molar-refractivity contribution in [3.05, 3.63) is 44.1 Å². The van der Waals surface area contributed by atoms with Crippen LogP contribution in [0.2, 0.25) is 0 Å². The highest BCUT2D eigenvalue weighted by Gasteiger charge is 2.18. The smallest absolute Gasteiger partial charge is 0.265 e. The summed E-state index contributed by atoms with van der Waals surface area (Å²) in [7, 11) is 0. The Morgan fingerprint density at radius 1 is 1.32 bits per heavy atom. The second-order valence-electron chi connectivity index (χ2n) is 4.61. The number of benzene rings is 1. The summed E-state index contributed by atoms with van der Waals surface area (Å²) in [5, 5.41) is 2.90. The number of hydrogen-bond donors (Lipinski definition) is 2. The molecule has 3 N–H and O–H groups in total. The van der Waals surface area contributed by atoms with Crippen molar-refractivity contribution >= 4 is 44.5 Å². The van der Waals surface area contributed by atoms with Crippen molar-refractivity contribution in [1.29, 1.82) is 0 Å². The molecule has 0 fully saturated rings. The van der Waals surface area contributed by atoms with E-state index in [0.717, 1.165) is 22.2 Å². The zero-order valence-electron chi connectivity index (χ0n) is 10.2. The highest BCUT2D eigenvalue weighted by Crippen LogP contribution is 2.32. The first-order valence-corrected chi connectivity index (χ1v) is 7.72. The van der Waals surface area contributed by atoms with Crippen LogP contribution in [0.25, 0.3) is 0 Å². The predicted molar refractivity (Wildman–Crippen MR) is 82.9 cm³/mol. The zero-order chi connectivity index (χ0) is 13.4. The minimum absolute atomic E-state index is 0.0642. The van der Waals surface area contributed by atoms with E-state index in [1.807, 2.05) is 12.1 Å². The summed E-state index contributed by atoms with van der Waals surface area (Å²) in [6, 6.07) is 7.39. The van der Waals surface area contributed by atoms with Crippen molar-refractivity contribution in [2.45, 2.75) is 19.3 Å². The molecule has 3 nitrogen and oxygen atoms in total. The molecule has 1 heterocycles. The molecule has 3 rings (SSSR count). The number of nitrogens with two attached hydrogens (primary N) is 1. The fraction of sp³-hybridized carbons (Fsp3) is 0.214. The van der Waals surface area contributed by atoms with Crippen LogP contribution in [0.1, 0.15) is 26.5 Å². The molecule has 1 aliphatic rings. The Hall–Kier alpha value is -1.33. The van der Waals surface area contributed by atoms with Gasteiger partial charge in [-0.1, -0.05) is 0 Å². The van der Waals surface area contributed by atoms with E-state index in [-0.39, 0.29) is 5.91 Å². The highest BCUT2D eigenvalue weighted by atomic mass is 79.9. The molecule has 0 bridgehead atoms. The number of carbonyl (C=O) groups is 1. The van der Waals surface area contributed by atoms with E-state index >= 15 is 0 Å². The van der Waals surface area contributed by atoms with E-state index in [9.17, 15) is 4.79 Å². The summed E-state index contributed by atoms with van der Waals surface area (Å²) in [4.78, 5) is 14.4. The molecule has 0 unspecified atom stereocenters. The molecule has 0 saturated heterocycles. The maximum Gasteiger partial charge on any atom is 0.265 e. The number of carbonyl (C=O) groups excluding carboxylic acids is 1. The molecule has 1 aliphatic carbocycles. The number of aryl methyl sites for hydroxylation is 2. The Labute approximate surface area is 124 Å². The van der Waals surface area contributed by atoms with Crippen molar-refractivity contribution in [3.63, 3.8) is 0 Å². The summed E-state index contributed by atoms with van der Waals surface area (Å²) < 4.78 is 0.833.